The summed E-state index contributed by atoms with van der Waals surface area (Å²) in [4.78, 5) is 11.7. The van der Waals surface area contributed by atoms with Crippen molar-refractivity contribution in [1.82, 2.24) is 10.6 Å². The van der Waals surface area contributed by atoms with Gasteiger partial charge < -0.3 is 15.7 Å². The van der Waals surface area contributed by atoms with E-state index in [1.54, 1.807) is 0 Å². The standard InChI is InChI=1S/C26H54N2O2/c1-2-3-4-5-6-7-8-9-10-11-12-13-14-15-16-17-18-19-20-21-26(30)28-23-22-27-24-25-29/h27,29H,2-25H2,1H3,(H,28,30). The topological polar surface area (TPSA) is 61.4 Å². The van der Waals surface area contributed by atoms with Crippen molar-refractivity contribution in [2.24, 2.45) is 0 Å². The highest BCUT2D eigenvalue weighted by Crippen LogP contribution is 2.14. The number of aliphatic hydroxyl groups is 1. The fourth-order valence-corrected chi connectivity index (χ4v) is 3.95. The molecule has 0 heterocycles. The van der Waals surface area contributed by atoms with Gasteiger partial charge >= 0.3 is 0 Å². The summed E-state index contributed by atoms with van der Waals surface area (Å²) in [7, 11) is 0. The van der Waals surface area contributed by atoms with Gasteiger partial charge in [0.25, 0.3) is 0 Å². The highest BCUT2D eigenvalue weighted by molar-refractivity contribution is 5.75. The molecule has 180 valence electrons. The third-order valence-corrected chi connectivity index (χ3v) is 5.92. The summed E-state index contributed by atoms with van der Waals surface area (Å²) in [6.07, 6.45) is 26.8. The summed E-state index contributed by atoms with van der Waals surface area (Å²) in [5.74, 6) is 0.160. The Morgan fingerprint density at radius 1 is 0.567 bits per heavy atom. The molecule has 30 heavy (non-hydrogen) atoms. The van der Waals surface area contributed by atoms with Crippen LogP contribution in [0.25, 0.3) is 0 Å². The zero-order valence-corrected chi connectivity index (χ0v) is 20.3. The molecule has 3 N–H and O–H groups in total. The van der Waals surface area contributed by atoms with Gasteiger partial charge in [-0.25, -0.2) is 0 Å². The highest BCUT2D eigenvalue weighted by Gasteiger charge is 2.00. The predicted molar refractivity (Wildman–Crippen MR) is 131 cm³/mol. The van der Waals surface area contributed by atoms with Gasteiger partial charge in [-0.1, -0.05) is 122 Å². The maximum absolute atomic E-state index is 11.7. The van der Waals surface area contributed by atoms with E-state index in [0.29, 0.717) is 19.5 Å². The maximum atomic E-state index is 11.7. The molecule has 0 aromatic heterocycles. The number of carbonyl (C=O) groups excluding carboxylic acids is 1. The number of aliphatic hydroxyl groups excluding tert-OH is 1. The number of amides is 1. The molecule has 0 aromatic carbocycles. The van der Waals surface area contributed by atoms with Gasteiger partial charge in [0.2, 0.25) is 5.91 Å². The van der Waals surface area contributed by atoms with Crippen molar-refractivity contribution < 1.29 is 9.90 Å². The van der Waals surface area contributed by atoms with Crippen molar-refractivity contribution in [2.45, 2.75) is 135 Å². The van der Waals surface area contributed by atoms with E-state index in [2.05, 4.69) is 17.6 Å². The van der Waals surface area contributed by atoms with Gasteiger partial charge in [0.15, 0.2) is 0 Å². The lowest BCUT2D eigenvalue weighted by Crippen LogP contribution is -2.32. The zero-order valence-electron chi connectivity index (χ0n) is 20.3. The van der Waals surface area contributed by atoms with E-state index in [1.807, 2.05) is 0 Å². The van der Waals surface area contributed by atoms with E-state index in [1.165, 1.54) is 116 Å². The Balaban J connectivity index is 3.08. The van der Waals surface area contributed by atoms with E-state index < -0.39 is 0 Å². The SMILES string of the molecule is CCCCCCCCCCCCCCCCCCCCCC(=O)NCCNCCO. The summed E-state index contributed by atoms with van der Waals surface area (Å²) in [5.41, 5.74) is 0. The summed E-state index contributed by atoms with van der Waals surface area (Å²) in [6, 6.07) is 0. The van der Waals surface area contributed by atoms with Crippen LogP contribution in [0.5, 0.6) is 0 Å². The van der Waals surface area contributed by atoms with Crippen LogP contribution >= 0.6 is 0 Å². The lowest BCUT2D eigenvalue weighted by molar-refractivity contribution is -0.121. The normalized spacial score (nSPS) is 11.1. The zero-order chi connectivity index (χ0) is 22.0. The van der Waals surface area contributed by atoms with E-state index in [-0.39, 0.29) is 12.5 Å². The van der Waals surface area contributed by atoms with Crippen LogP contribution in [0.3, 0.4) is 0 Å². The molecule has 0 aliphatic carbocycles. The maximum Gasteiger partial charge on any atom is 0.220 e. The molecule has 0 spiro atoms. The van der Waals surface area contributed by atoms with E-state index in [4.69, 9.17) is 5.11 Å². The lowest BCUT2D eigenvalue weighted by Gasteiger charge is -2.06. The fourth-order valence-electron chi connectivity index (χ4n) is 3.95. The van der Waals surface area contributed by atoms with Crippen molar-refractivity contribution in [1.29, 1.82) is 0 Å². The number of hydrogen-bond acceptors (Lipinski definition) is 3. The van der Waals surface area contributed by atoms with Crippen LogP contribution in [0, 0.1) is 0 Å². The average Bonchev–Trinajstić information content (AvgIpc) is 2.75. The van der Waals surface area contributed by atoms with Crippen LogP contribution in [0.1, 0.15) is 135 Å². The minimum absolute atomic E-state index is 0.146. The van der Waals surface area contributed by atoms with Gasteiger partial charge in [-0.3, -0.25) is 4.79 Å². The van der Waals surface area contributed by atoms with Crippen LogP contribution < -0.4 is 10.6 Å². The third kappa shape index (κ3) is 25.4. The van der Waals surface area contributed by atoms with Crippen molar-refractivity contribution in [3.8, 4) is 0 Å². The second kappa shape index (κ2) is 26.4. The predicted octanol–water partition coefficient (Wildman–Crippen LogP) is 6.51. The average molecular weight is 427 g/mol. The molecule has 0 atom stereocenters. The van der Waals surface area contributed by atoms with Crippen LogP contribution in [-0.2, 0) is 4.79 Å². The molecule has 0 aromatic rings. The molecule has 0 radical (unpaired) electrons. The molecular weight excluding hydrogens is 372 g/mol. The molecule has 0 saturated carbocycles. The second-order valence-electron chi connectivity index (χ2n) is 8.94. The Hall–Kier alpha value is -0.610. The van der Waals surface area contributed by atoms with Gasteiger partial charge in [-0.2, -0.15) is 0 Å². The Morgan fingerprint density at radius 3 is 1.37 bits per heavy atom. The van der Waals surface area contributed by atoms with Crippen LogP contribution in [0.4, 0.5) is 0 Å². The molecule has 0 bridgehead atoms. The molecule has 0 aliphatic rings. The molecule has 0 rings (SSSR count). The molecule has 0 aliphatic heterocycles. The largest absolute Gasteiger partial charge is 0.395 e. The van der Waals surface area contributed by atoms with Crippen LogP contribution in [0.15, 0.2) is 0 Å². The number of rotatable bonds is 25. The molecule has 0 saturated heterocycles. The highest BCUT2D eigenvalue weighted by atomic mass is 16.3. The van der Waals surface area contributed by atoms with Crippen molar-refractivity contribution in [2.75, 3.05) is 26.2 Å². The number of carbonyl (C=O) groups is 1. The smallest absolute Gasteiger partial charge is 0.220 e. The lowest BCUT2D eigenvalue weighted by atomic mass is 10.0. The third-order valence-electron chi connectivity index (χ3n) is 5.92. The first-order valence-electron chi connectivity index (χ1n) is 13.4. The van der Waals surface area contributed by atoms with Gasteiger partial charge in [0, 0.05) is 26.1 Å². The Morgan fingerprint density at radius 2 is 0.967 bits per heavy atom. The van der Waals surface area contributed by atoms with Gasteiger partial charge in [-0.15, -0.1) is 0 Å². The molecule has 4 nitrogen and oxygen atoms in total. The molecule has 0 fully saturated rings. The molecule has 0 unspecified atom stereocenters. The van der Waals surface area contributed by atoms with E-state index in [9.17, 15) is 4.79 Å². The second-order valence-corrected chi connectivity index (χ2v) is 8.94. The fraction of sp³-hybridized carbons (Fsp3) is 0.962. The van der Waals surface area contributed by atoms with Crippen molar-refractivity contribution in [3.63, 3.8) is 0 Å². The van der Waals surface area contributed by atoms with Gasteiger partial charge in [0.05, 0.1) is 6.61 Å². The molecular formula is C26H54N2O2. The first-order valence-corrected chi connectivity index (χ1v) is 13.4. The summed E-state index contributed by atoms with van der Waals surface area (Å²) < 4.78 is 0. The summed E-state index contributed by atoms with van der Waals surface area (Å²) >= 11 is 0. The number of nitrogens with one attached hydrogen (secondary N) is 2. The number of unbranched alkanes of at least 4 members (excludes halogenated alkanes) is 18. The Kier molecular flexibility index (Phi) is 25.9. The first-order chi connectivity index (χ1) is 14.8. The van der Waals surface area contributed by atoms with Gasteiger partial charge in [-0.05, 0) is 6.42 Å². The van der Waals surface area contributed by atoms with Crippen molar-refractivity contribution in [3.05, 3.63) is 0 Å². The van der Waals surface area contributed by atoms with E-state index >= 15 is 0 Å². The van der Waals surface area contributed by atoms with Gasteiger partial charge in [0.1, 0.15) is 0 Å². The Labute approximate surface area is 188 Å². The molecule has 4 heteroatoms. The van der Waals surface area contributed by atoms with E-state index in [0.717, 1.165) is 13.0 Å². The minimum Gasteiger partial charge on any atom is -0.395 e. The summed E-state index contributed by atoms with van der Waals surface area (Å²) in [6.45, 7) is 4.40. The Bertz CT molecular complexity index is 337. The van der Waals surface area contributed by atoms with Crippen LogP contribution in [0.2, 0.25) is 0 Å². The molecule has 1 amide bonds. The van der Waals surface area contributed by atoms with Crippen molar-refractivity contribution >= 4 is 5.91 Å². The first kappa shape index (κ1) is 29.4. The monoisotopic (exact) mass is 426 g/mol. The quantitative estimate of drug-likeness (QED) is 0.146. The van der Waals surface area contributed by atoms with Crippen LogP contribution in [-0.4, -0.2) is 37.3 Å². The number of hydrogen-bond donors (Lipinski definition) is 3. The minimum atomic E-state index is 0.146. The summed E-state index contributed by atoms with van der Waals surface area (Å²) in [5, 5.41) is 14.6.